The second-order valence-corrected chi connectivity index (χ2v) is 6.88. The highest BCUT2D eigenvalue weighted by atomic mass is 16.2. The number of nitrogens with one attached hydrogen (secondary N) is 2. The van der Waals surface area contributed by atoms with Crippen LogP contribution in [0.15, 0.2) is 18.2 Å². The molecule has 0 radical (unpaired) electrons. The second-order valence-electron chi connectivity index (χ2n) is 6.88. The van der Waals surface area contributed by atoms with Crippen molar-refractivity contribution in [2.75, 3.05) is 16.8 Å². The minimum Gasteiger partial charge on any atom is -0.358 e. The molecule has 1 saturated carbocycles. The van der Waals surface area contributed by atoms with Crippen LogP contribution in [0.3, 0.4) is 0 Å². The lowest BCUT2D eigenvalue weighted by Crippen LogP contribution is -2.50. The Labute approximate surface area is 136 Å². The van der Waals surface area contributed by atoms with Crippen molar-refractivity contribution >= 4 is 23.2 Å². The fourth-order valence-corrected chi connectivity index (χ4v) is 4.08. The second kappa shape index (κ2) is 5.87. The third-order valence-electron chi connectivity index (χ3n) is 5.32. The molecule has 0 aromatic heterocycles. The Morgan fingerprint density at radius 1 is 1.13 bits per heavy atom. The predicted octanol–water partition coefficient (Wildman–Crippen LogP) is 2.67. The number of hydrogen-bond acceptors (Lipinski definition) is 3. The van der Waals surface area contributed by atoms with Gasteiger partial charge in [0.1, 0.15) is 6.04 Å². The molecule has 4 rings (SSSR count). The monoisotopic (exact) mass is 313 g/mol. The first kappa shape index (κ1) is 14.5. The minimum atomic E-state index is -0.0468. The highest BCUT2D eigenvalue weighted by Crippen LogP contribution is 2.36. The van der Waals surface area contributed by atoms with Gasteiger partial charge in [-0.25, -0.2) is 0 Å². The summed E-state index contributed by atoms with van der Waals surface area (Å²) in [5, 5.41) is 6.09. The van der Waals surface area contributed by atoms with Gasteiger partial charge in [-0.15, -0.1) is 0 Å². The molecule has 1 saturated heterocycles. The van der Waals surface area contributed by atoms with Crippen LogP contribution in [-0.2, 0) is 4.79 Å². The van der Waals surface area contributed by atoms with Crippen LogP contribution in [0.2, 0.25) is 0 Å². The lowest BCUT2D eigenvalue weighted by atomic mass is 9.96. The van der Waals surface area contributed by atoms with Gasteiger partial charge in [0.15, 0.2) is 0 Å². The number of amides is 2. The highest BCUT2D eigenvalue weighted by molar-refractivity contribution is 6.05. The smallest absolute Gasteiger partial charge is 0.251 e. The summed E-state index contributed by atoms with van der Waals surface area (Å²) < 4.78 is 0. The molecule has 1 unspecified atom stereocenters. The van der Waals surface area contributed by atoms with E-state index < -0.39 is 0 Å². The van der Waals surface area contributed by atoms with Crippen molar-refractivity contribution in [2.24, 2.45) is 0 Å². The van der Waals surface area contributed by atoms with Gasteiger partial charge in [0.05, 0.1) is 11.4 Å². The Hall–Kier alpha value is -2.04. The molecule has 1 aliphatic carbocycles. The number of nitrogens with zero attached hydrogens (tertiary/aromatic N) is 1. The molecule has 23 heavy (non-hydrogen) atoms. The summed E-state index contributed by atoms with van der Waals surface area (Å²) >= 11 is 0. The van der Waals surface area contributed by atoms with Gasteiger partial charge < -0.3 is 15.5 Å². The molecule has 2 amide bonds. The van der Waals surface area contributed by atoms with E-state index in [0.717, 1.165) is 50.0 Å². The summed E-state index contributed by atoms with van der Waals surface area (Å²) in [7, 11) is 0. The van der Waals surface area contributed by atoms with Crippen LogP contribution in [0.4, 0.5) is 11.4 Å². The normalized spacial score (nSPS) is 23.9. The van der Waals surface area contributed by atoms with Gasteiger partial charge in [-0.2, -0.15) is 0 Å². The fourth-order valence-electron chi connectivity index (χ4n) is 4.08. The molecule has 3 aliphatic rings. The van der Waals surface area contributed by atoms with Crippen molar-refractivity contribution in [3.63, 3.8) is 0 Å². The zero-order valence-electron chi connectivity index (χ0n) is 13.3. The molecule has 5 nitrogen and oxygen atoms in total. The summed E-state index contributed by atoms with van der Waals surface area (Å²) in [6.07, 6.45) is 7.67. The summed E-state index contributed by atoms with van der Waals surface area (Å²) in [5.41, 5.74) is 2.45. The van der Waals surface area contributed by atoms with Gasteiger partial charge in [-0.05, 0) is 50.3 Å². The molecule has 5 heteroatoms. The molecule has 122 valence electrons. The molecule has 1 aromatic carbocycles. The number of fused-ring (bicyclic) bond motifs is 3. The number of carbonyl (C=O) groups excluding carboxylic acids is 2. The summed E-state index contributed by atoms with van der Waals surface area (Å²) in [5.74, 6) is 0.0280. The Morgan fingerprint density at radius 3 is 2.74 bits per heavy atom. The standard InChI is InChI=1S/C18H23N3O2/c22-17(19-13-5-1-2-6-13)12-8-9-15-14(11-12)20-18(23)16-7-3-4-10-21(15)16/h8-9,11,13,16H,1-7,10H2,(H,19,22)(H,20,23). The number of piperidine rings is 1. The molecule has 1 atom stereocenters. The first-order valence-electron chi connectivity index (χ1n) is 8.75. The van der Waals surface area contributed by atoms with Crippen molar-refractivity contribution in [2.45, 2.75) is 57.0 Å². The maximum Gasteiger partial charge on any atom is 0.251 e. The lowest BCUT2D eigenvalue weighted by molar-refractivity contribution is -0.118. The van der Waals surface area contributed by atoms with Crippen molar-refractivity contribution in [3.8, 4) is 0 Å². The van der Waals surface area contributed by atoms with Gasteiger partial charge >= 0.3 is 0 Å². The van der Waals surface area contributed by atoms with Crippen LogP contribution >= 0.6 is 0 Å². The molecule has 2 aliphatic heterocycles. The third-order valence-corrected chi connectivity index (χ3v) is 5.32. The lowest BCUT2D eigenvalue weighted by Gasteiger charge is -2.41. The zero-order valence-corrected chi connectivity index (χ0v) is 13.3. The van der Waals surface area contributed by atoms with E-state index in [1.807, 2.05) is 18.2 Å². The number of anilines is 2. The van der Waals surface area contributed by atoms with Gasteiger partial charge in [0.2, 0.25) is 5.91 Å². The number of hydrogen-bond donors (Lipinski definition) is 2. The van der Waals surface area contributed by atoms with Crippen LogP contribution in [-0.4, -0.2) is 30.4 Å². The summed E-state index contributed by atoms with van der Waals surface area (Å²) in [6, 6.07) is 5.94. The van der Waals surface area contributed by atoms with Gasteiger partial charge in [-0.3, -0.25) is 9.59 Å². The molecule has 2 N–H and O–H groups in total. The molecule has 2 heterocycles. The topological polar surface area (TPSA) is 61.4 Å². The van der Waals surface area contributed by atoms with E-state index in [1.165, 1.54) is 12.8 Å². The SMILES string of the molecule is O=C(NC1CCCC1)c1ccc2c(c1)NC(=O)C1CCCCN21. The maximum absolute atomic E-state index is 12.4. The Kier molecular flexibility index (Phi) is 3.71. The van der Waals surface area contributed by atoms with Gasteiger partial charge in [-0.1, -0.05) is 12.8 Å². The van der Waals surface area contributed by atoms with Crippen LogP contribution in [0.1, 0.15) is 55.3 Å². The van der Waals surface area contributed by atoms with Crippen LogP contribution in [0.5, 0.6) is 0 Å². The number of benzene rings is 1. The van der Waals surface area contributed by atoms with Crippen LogP contribution < -0.4 is 15.5 Å². The van der Waals surface area contributed by atoms with E-state index in [1.54, 1.807) is 0 Å². The molecular formula is C18H23N3O2. The van der Waals surface area contributed by atoms with E-state index in [0.29, 0.717) is 11.6 Å². The van der Waals surface area contributed by atoms with E-state index in [4.69, 9.17) is 0 Å². The van der Waals surface area contributed by atoms with Crippen LogP contribution in [0.25, 0.3) is 0 Å². The first-order chi connectivity index (χ1) is 11.2. The summed E-state index contributed by atoms with van der Waals surface area (Å²) in [6.45, 7) is 0.915. The molecule has 1 aromatic rings. The average Bonchev–Trinajstić information content (AvgIpc) is 3.07. The minimum absolute atomic E-state index is 0.0327. The van der Waals surface area contributed by atoms with Crippen LogP contribution in [0, 0.1) is 0 Å². The number of rotatable bonds is 2. The summed E-state index contributed by atoms with van der Waals surface area (Å²) in [4.78, 5) is 26.9. The Balaban J connectivity index is 1.57. The van der Waals surface area contributed by atoms with Crippen molar-refractivity contribution < 1.29 is 9.59 Å². The van der Waals surface area contributed by atoms with E-state index in [2.05, 4.69) is 15.5 Å². The van der Waals surface area contributed by atoms with Gasteiger partial charge in [0, 0.05) is 18.2 Å². The van der Waals surface area contributed by atoms with Crippen molar-refractivity contribution in [3.05, 3.63) is 23.8 Å². The maximum atomic E-state index is 12.4. The highest BCUT2D eigenvalue weighted by Gasteiger charge is 2.34. The zero-order chi connectivity index (χ0) is 15.8. The quantitative estimate of drug-likeness (QED) is 0.882. The average molecular weight is 313 g/mol. The predicted molar refractivity (Wildman–Crippen MR) is 89.8 cm³/mol. The van der Waals surface area contributed by atoms with E-state index >= 15 is 0 Å². The largest absolute Gasteiger partial charge is 0.358 e. The first-order valence-corrected chi connectivity index (χ1v) is 8.75. The van der Waals surface area contributed by atoms with Crippen molar-refractivity contribution in [1.82, 2.24) is 5.32 Å². The fraction of sp³-hybridized carbons (Fsp3) is 0.556. The van der Waals surface area contributed by atoms with Gasteiger partial charge in [0.25, 0.3) is 5.91 Å². The third kappa shape index (κ3) is 2.69. The molecule has 0 spiro atoms. The van der Waals surface area contributed by atoms with E-state index in [-0.39, 0.29) is 17.9 Å². The number of carbonyl (C=O) groups is 2. The Morgan fingerprint density at radius 2 is 1.91 bits per heavy atom. The molecule has 0 bridgehead atoms. The van der Waals surface area contributed by atoms with E-state index in [9.17, 15) is 9.59 Å². The molecule has 2 fully saturated rings. The molecular weight excluding hydrogens is 290 g/mol. The van der Waals surface area contributed by atoms with Crippen molar-refractivity contribution in [1.29, 1.82) is 0 Å². The Bertz CT molecular complexity index is 637.